The van der Waals surface area contributed by atoms with Crippen LogP contribution < -0.4 is 21.7 Å². The number of ether oxygens (including phenoxy) is 1. The molecule has 1 saturated carbocycles. The van der Waals surface area contributed by atoms with E-state index < -0.39 is 56.8 Å². The van der Waals surface area contributed by atoms with E-state index in [1.807, 2.05) is 13.0 Å². The minimum Gasteiger partial charge on any atom is -0.412 e. The summed E-state index contributed by atoms with van der Waals surface area (Å²) in [5.74, 6) is -2.99. The van der Waals surface area contributed by atoms with Crippen molar-refractivity contribution in [2.75, 3.05) is 11.9 Å². The molecule has 2 saturated heterocycles. The summed E-state index contributed by atoms with van der Waals surface area (Å²) in [6.45, 7) is 6.33. The maximum Gasteiger partial charge on any atom is 0.294 e. The molecule has 292 valence electrons. The lowest BCUT2D eigenvalue weighted by atomic mass is 9.53. The van der Waals surface area contributed by atoms with Gasteiger partial charge in [0.05, 0.1) is 23.6 Å². The Labute approximate surface area is 323 Å². The highest BCUT2D eigenvalue weighted by atomic mass is 35.5. The first-order chi connectivity index (χ1) is 24.9. The Bertz CT molecular complexity index is 2040. The van der Waals surface area contributed by atoms with Gasteiger partial charge in [-0.05, 0) is 92.3 Å². The second-order valence-corrected chi connectivity index (χ2v) is 17.3. The largest absolute Gasteiger partial charge is 0.412 e. The molecule has 7 rings (SSSR count). The molecular formula is C37H44Cl2FN5O8S. The molecule has 4 heterocycles. The van der Waals surface area contributed by atoms with Gasteiger partial charge in [-0.1, -0.05) is 60.8 Å². The number of hydrogen-bond acceptors (Lipinski definition) is 8. The van der Waals surface area contributed by atoms with E-state index >= 15 is 4.39 Å². The zero-order valence-corrected chi connectivity index (χ0v) is 32.2. The minimum atomic E-state index is -4.02. The summed E-state index contributed by atoms with van der Waals surface area (Å²) in [5.41, 5.74) is 5.50. The summed E-state index contributed by atoms with van der Waals surface area (Å²) in [7, 11) is -4.02. The number of aryl methyl sites for hydroxylation is 1. The van der Waals surface area contributed by atoms with Crippen molar-refractivity contribution in [2.24, 2.45) is 11.1 Å². The predicted octanol–water partition coefficient (Wildman–Crippen LogP) is 4.38. The average molecular weight is 809 g/mol. The van der Waals surface area contributed by atoms with Crippen LogP contribution in [0, 0.1) is 18.2 Å². The molecule has 1 aliphatic carbocycles. The number of rotatable bonds is 5. The van der Waals surface area contributed by atoms with Crippen LogP contribution in [0.25, 0.3) is 0 Å². The number of aromatic nitrogens is 1. The van der Waals surface area contributed by atoms with Crippen molar-refractivity contribution < 1.29 is 42.0 Å². The van der Waals surface area contributed by atoms with Gasteiger partial charge in [0.15, 0.2) is 11.0 Å². The first kappa shape index (κ1) is 41.5. The fourth-order valence-corrected chi connectivity index (χ4v) is 9.24. The van der Waals surface area contributed by atoms with Gasteiger partial charge in [-0.15, -0.1) is 0 Å². The summed E-state index contributed by atoms with van der Waals surface area (Å²) in [4.78, 5) is 44.1. The monoisotopic (exact) mass is 807 g/mol. The number of halogens is 3. The average Bonchev–Trinajstić information content (AvgIpc) is 3.55. The van der Waals surface area contributed by atoms with Gasteiger partial charge in [0, 0.05) is 28.4 Å². The van der Waals surface area contributed by atoms with Crippen molar-refractivity contribution in [3.63, 3.8) is 0 Å². The van der Waals surface area contributed by atoms with E-state index in [2.05, 4.69) is 34.8 Å². The zero-order valence-electron chi connectivity index (χ0n) is 29.9. The molecule has 2 aromatic carbocycles. The number of carbonyl (C=O) groups excluding carboxylic acids is 3. The Balaban J connectivity index is 0.000000403. The number of nitrogens with two attached hydrogens (primary N) is 1. The molecule has 1 aromatic heterocycles. The van der Waals surface area contributed by atoms with E-state index in [1.54, 1.807) is 24.3 Å². The predicted molar refractivity (Wildman–Crippen MR) is 200 cm³/mol. The van der Waals surface area contributed by atoms with Gasteiger partial charge in [0.2, 0.25) is 17.7 Å². The molecule has 0 radical (unpaired) electrons. The summed E-state index contributed by atoms with van der Waals surface area (Å²) in [6.07, 6.45) is 4.31. The quantitative estimate of drug-likeness (QED) is 0.182. The van der Waals surface area contributed by atoms with Crippen LogP contribution in [0.4, 0.5) is 10.1 Å². The fourth-order valence-electron chi connectivity index (χ4n) is 8.42. The fraction of sp³-hybridized carbons (Fsp3) is 0.459. The molecule has 13 nitrogen and oxygen atoms in total. The molecule has 4 aliphatic rings. The van der Waals surface area contributed by atoms with Crippen LogP contribution in [0.1, 0.15) is 75.0 Å². The Morgan fingerprint density at radius 1 is 1.06 bits per heavy atom. The van der Waals surface area contributed by atoms with Crippen LogP contribution in [0.2, 0.25) is 10.2 Å². The van der Waals surface area contributed by atoms with Gasteiger partial charge in [0.1, 0.15) is 11.5 Å². The maximum atomic E-state index is 16.0. The first-order valence-electron chi connectivity index (χ1n) is 17.3. The Morgan fingerprint density at radius 3 is 2.31 bits per heavy atom. The topological polar surface area (TPSA) is 221 Å². The van der Waals surface area contributed by atoms with Crippen LogP contribution in [0.3, 0.4) is 0 Å². The molecule has 2 spiro atoms. The molecule has 3 aliphatic heterocycles. The van der Waals surface area contributed by atoms with Crippen LogP contribution >= 0.6 is 23.2 Å². The number of anilines is 1. The Hall–Kier alpha value is -3.70. The molecule has 5 unspecified atom stereocenters. The molecule has 8 N–H and O–H groups in total. The number of nitrogens with one attached hydrogen (secondary N) is 3. The van der Waals surface area contributed by atoms with E-state index in [-0.39, 0.29) is 45.1 Å². The number of carbonyl (C=O) groups is 3. The lowest BCUT2D eigenvalue weighted by Gasteiger charge is -2.50. The molecule has 3 fully saturated rings. The Kier molecular flexibility index (Phi) is 11.9. The van der Waals surface area contributed by atoms with Gasteiger partial charge in [-0.2, -0.15) is 8.42 Å². The SMILES string of the molecule is CC1(C)CCC2(CC1)NC(C(=O)NC1CCC(C(N)=O)OC1)C(c1ccnc(Cl)c1F)C21C(=O)Nc2cc(Cl)ccc21.Cc1ccc(S(=O)(=O)O)cc1.O. The minimum absolute atomic E-state index is 0. The van der Waals surface area contributed by atoms with Gasteiger partial charge in [0.25, 0.3) is 10.1 Å². The summed E-state index contributed by atoms with van der Waals surface area (Å²) >= 11 is 12.5. The highest BCUT2D eigenvalue weighted by Crippen LogP contribution is 2.64. The first-order valence-corrected chi connectivity index (χ1v) is 19.5. The van der Waals surface area contributed by atoms with Gasteiger partial charge >= 0.3 is 0 Å². The zero-order chi connectivity index (χ0) is 38.5. The van der Waals surface area contributed by atoms with E-state index in [1.165, 1.54) is 24.4 Å². The van der Waals surface area contributed by atoms with E-state index in [0.29, 0.717) is 42.0 Å². The number of fused-ring (bicyclic) bond motifs is 3. The van der Waals surface area contributed by atoms with E-state index in [0.717, 1.165) is 18.4 Å². The number of benzene rings is 2. The van der Waals surface area contributed by atoms with Crippen LogP contribution in [0.5, 0.6) is 0 Å². The van der Waals surface area contributed by atoms with Crippen molar-refractivity contribution >= 4 is 56.7 Å². The maximum absolute atomic E-state index is 16.0. The second-order valence-electron chi connectivity index (χ2n) is 15.1. The van der Waals surface area contributed by atoms with Gasteiger partial charge < -0.3 is 26.6 Å². The summed E-state index contributed by atoms with van der Waals surface area (Å²) < 4.78 is 51.1. The highest BCUT2D eigenvalue weighted by molar-refractivity contribution is 7.85. The van der Waals surface area contributed by atoms with Crippen LogP contribution in [-0.2, 0) is 34.7 Å². The lowest BCUT2D eigenvalue weighted by molar-refractivity contribution is -0.134. The molecule has 5 atom stereocenters. The third-order valence-corrected chi connectivity index (χ3v) is 12.6. The third-order valence-electron chi connectivity index (χ3n) is 11.2. The van der Waals surface area contributed by atoms with Crippen molar-refractivity contribution in [1.29, 1.82) is 0 Å². The number of amides is 3. The van der Waals surface area contributed by atoms with Crippen molar-refractivity contribution in [3.8, 4) is 0 Å². The van der Waals surface area contributed by atoms with Gasteiger partial charge in [-0.25, -0.2) is 9.37 Å². The molecule has 3 amide bonds. The van der Waals surface area contributed by atoms with E-state index in [4.69, 9.17) is 38.2 Å². The molecule has 17 heteroatoms. The number of hydrogen-bond donors (Lipinski definition) is 5. The number of pyridine rings is 1. The number of primary amides is 1. The summed E-state index contributed by atoms with van der Waals surface area (Å²) in [6, 6.07) is 11.3. The molecular weight excluding hydrogens is 764 g/mol. The lowest BCUT2D eigenvalue weighted by Crippen LogP contribution is -2.61. The van der Waals surface area contributed by atoms with Crippen molar-refractivity contribution in [2.45, 2.75) is 99.3 Å². The van der Waals surface area contributed by atoms with Gasteiger partial charge in [-0.3, -0.25) is 24.3 Å². The van der Waals surface area contributed by atoms with Crippen LogP contribution in [0.15, 0.2) is 59.6 Å². The smallest absolute Gasteiger partial charge is 0.294 e. The highest BCUT2D eigenvalue weighted by Gasteiger charge is 2.73. The second kappa shape index (κ2) is 15.4. The standard InChI is InChI=1S/C30H34Cl2FN5O4.C7H8O3S.H2O/c1-28(2)8-10-29(11-9-28)30(18-5-3-15(31)13-19(18)37-27(30)41)21(17-7-12-35-24(32)22(17)33)23(38-29)26(40)36-16-4-6-20(25(34)39)42-14-16;1-6-2-4-7(5-3-6)11(8,9)10;/h3,5,7,12-13,16,20-21,23,38H,4,6,8-11,14H2,1-2H3,(H2,34,39)(H,36,40)(H,37,41);2-5H,1H3,(H,8,9,10);1H2. The molecule has 3 aromatic rings. The molecule has 54 heavy (non-hydrogen) atoms. The number of nitrogens with zero attached hydrogens (tertiary/aromatic N) is 1. The van der Waals surface area contributed by atoms with E-state index in [9.17, 15) is 22.8 Å². The summed E-state index contributed by atoms with van der Waals surface area (Å²) in [5, 5.41) is 9.81. The van der Waals surface area contributed by atoms with Crippen molar-refractivity contribution in [3.05, 3.63) is 87.4 Å². The van der Waals surface area contributed by atoms with Crippen LogP contribution in [-0.4, -0.2) is 71.5 Å². The normalized spacial score (nSPS) is 26.5. The molecule has 0 bridgehead atoms. The Morgan fingerprint density at radius 2 is 1.72 bits per heavy atom. The van der Waals surface area contributed by atoms with Crippen molar-refractivity contribution in [1.82, 2.24) is 15.6 Å². The third kappa shape index (κ3) is 7.59.